The molecule has 5 heteroatoms. The molecule has 0 aliphatic heterocycles. The molecule has 3 aromatic rings. The highest BCUT2D eigenvalue weighted by molar-refractivity contribution is 6.30. The Balaban J connectivity index is 1.57. The second kappa shape index (κ2) is 6.96. The summed E-state index contributed by atoms with van der Waals surface area (Å²) in [6, 6.07) is 16.9. The number of H-pyrrole nitrogens is 1. The third kappa shape index (κ3) is 3.25. The molecule has 1 amide bonds. The van der Waals surface area contributed by atoms with E-state index in [2.05, 4.69) is 10.3 Å². The zero-order chi connectivity index (χ0) is 18.1. The van der Waals surface area contributed by atoms with Crippen LogP contribution in [0, 0.1) is 0 Å². The Morgan fingerprint density at radius 2 is 1.85 bits per heavy atom. The number of hydrogen-bond donors (Lipinski definition) is 2. The summed E-state index contributed by atoms with van der Waals surface area (Å²) >= 11 is 5.98. The Bertz CT molecular complexity index is 1010. The van der Waals surface area contributed by atoms with Gasteiger partial charge in [-0.05, 0) is 48.1 Å². The summed E-state index contributed by atoms with van der Waals surface area (Å²) in [5.74, 6) is 0.0297. The zero-order valence-corrected chi connectivity index (χ0v) is 14.9. The lowest BCUT2D eigenvalue weighted by atomic mass is 9.94. The molecule has 0 bridgehead atoms. The van der Waals surface area contributed by atoms with Crippen LogP contribution in [0.25, 0.3) is 10.8 Å². The van der Waals surface area contributed by atoms with Crippen LogP contribution in [0.4, 0.5) is 0 Å². The Morgan fingerprint density at radius 3 is 2.65 bits per heavy atom. The van der Waals surface area contributed by atoms with Gasteiger partial charge in [0.25, 0.3) is 11.5 Å². The summed E-state index contributed by atoms with van der Waals surface area (Å²) in [7, 11) is 0. The first-order valence-corrected chi connectivity index (χ1v) is 9.18. The predicted molar refractivity (Wildman–Crippen MR) is 104 cm³/mol. The molecule has 1 heterocycles. The molecule has 1 fully saturated rings. The number of benzene rings is 2. The average molecular weight is 367 g/mol. The van der Waals surface area contributed by atoms with Crippen molar-refractivity contribution in [3.05, 3.63) is 81.2 Å². The predicted octanol–water partition coefficient (Wildman–Crippen LogP) is 4.25. The summed E-state index contributed by atoms with van der Waals surface area (Å²) in [6.07, 6.45) is 3.02. The van der Waals surface area contributed by atoms with Crippen LogP contribution in [0.2, 0.25) is 5.02 Å². The van der Waals surface area contributed by atoms with Gasteiger partial charge in [-0.3, -0.25) is 9.59 Å². The Labute approximate surface area is 156 Å². The molecule has 1 aliphatic carbocycles. The maximum absolute atomic E-state index is 12.7. The van der Waals surface area contributed by atoms with Crippen LogP contribution >= 0.6 is 11.6 Å². The minimum Gasteiger partial charge on any atom is -0.347 e. The van der Waals surface area contributed by atoms with Crippen molar-refractivity contribution in [2.24, 2.45) is 0 Å². The molecule has 1 aromatic heterocycles. The van der Waals surface area contributed by atoms with Crippen molar-refractivity contribution < 1.29 is 4.79 Å². The quantitative estimate of drug-likeness (QED) is 0.728. The van der Waals surface area contributed by atoms with Gasteiger partial charge in [-0.25, -0.2) is 0 Å². The van der Waals surface area contributed by atoms with Crippen LogP contribution in [-0.2, 0) is 0 Å². The molecule has 2 N–H and O–H groups in total. The van der Waals surface area contributed by atoms with Crippen molar-refractivity contribution in [2.75, 3.05) is 0 Å². The van der Waals surface area contributed by atoms with E-state index >= 15 is 0 Å². The van der Waals surface area contributed by atoms with Gasteiger partial charge in [0.1, 0.15) is 5.69 Å². The molecule has 4 nitrogen and oxygen atoms in total. The number of pyridine rings is 1. The maximum atomic E-state index is 12.7. The van der Waals surface area contributed by atoms with Gasteiger partial charge in [0, 0.05) is 22.4 Å². The van der Waals surface area contributed by atoms with Crippen molar-refractivity contribution in [1.29, 1.82) is 0 Å². The SMILES string of the molecule is O=C(NC1CCCC1c1ccc(Cl)cc1)c1cc2ccccc2c(=O)[nH]1. The van der Waals surface area contributed by atoms with E-state index in [1.807, 2.05) is 42.5 Å². The van der Waals surface area contributed by atoms with Gasteiger partial charge in [-0.15, -0.1) is 0 Å². The van der Waals surface area contributed by atoms with Gasteiger partial charge in [-0.2, -0.15) is 0 Å². The van der Waals surface area contributed by atoms with Crippen LogP contribution in [0.1, 0.15) is 41.2 Å². The fourth-order valence-corrected chi connectivity index (χ4v) is 3.95. The zero-order valence-electron chi connectivity index (χ0n) is 14.2. The van der Waals surface area contributed by atoms with Gasteiger partial charge in [0.15, 0.2) is 0 Å². The van der Waals surface area contributed by atoms with E-state index in [-0.39, 0.29) is 23.4 Å². The second-order valence-electron chi connectivity index (χ2n) is 6.77. The second-order valence-corrected chi connectivity index (χ2v) is 7.20. The minimum atomic E-state index is -0.242. The highest BCUT2D eigenvalue weighted by Gasteiger charge is 2.30. The van der Waals surface area contributed by atoms with Gasteiger partial charge >= 0.3 is 0 Å². The monoisotopic (exact) mass is 366 g/mol. The summed E-state index contributed by atoms with van der Waals surface area (Å²) < 4.78 is 0. The number of carbonyl (C=O) groups excluding carboxylic acids is 1. The molecule has 2 aromatic carbocycles. The van der Waals surface area contributed by atoms with Gasteiger partial charge in [-0.1, -0.05) is 48.4 Å². The molecule has 4 rings (SSSR count). The molecule has 0 saturated heterocycles. The number of aromatic nitrogens is 1. The van der Waals surface area contributed by atoms with E-state index in [4.69, 9.17) is 11.6 Å². The van der Waals surface area contributed by atoms with Crippen molar-refractivity contribution in [1.82, 2.24) is 10.3 Å². The highest BCUT2D eigenvalue weighted by atomic mass is 35.5. The van der Waals surface area contributed by atoms with Crippen LogP contribution in [0.3, 0.4) is 0 Å². The number of rotatable bonds is 3. The standard InChI is InChI=1S/C21H19ClN2O2/c22-15-10-8-13(9-11-15)16-6-3-7-18(16)23-21(26)19-12-14-4-1-2-5-17(14)20(25)24-19/h1-2,4-5,8-12,16,18H,3,6-7H2,(H,23,26)(H,24,25). The highest BCUT2D eigenvalue weighted by Crippen LogP contribution is 2.35. The van der Waals surface area contributed by atoms with Crippen molar-refractivity contribution in [3.63, 3.8) is 0 Å². The molecule has 132 valence electrons. The summed E-state index contributed by atoms with van der Waals surface area (Å²) in [5, 5.41) is 5.17. The summed E-state index contributed by atoms with van der Waals surface area (Å²) in [4.78, 5) is 27.6. The largest absolute Gasteiger partial charge is 0.347 e. The van der Waals surface area contributed by atoms with Gasteiger partial charge in [0.05, 0.1) is 0 Å². The van der Waals surface area contributed by atoms with Crippen molar-refractivity contribution in [2.45, 2.75) is 31.2 Å². The number of carbonyl (C=O) groups is 1. The maximum Gasteiger partial charge on any atom is 0.268 e. The third-order valence-corrected chi connectivity index (χ3v) is 5.38. The molecule has 1 saturated carbocycles. The molecular formula is C21H19ClN2O2. The number of aromatic amines is 1. The Morgan fingerprint density at radius 1 is 1.08 bits per heavy atom. The van der Waals surface area contributed by atoms with E-state index in [9.17, 15) is 9.59 Å². The number of hydrogen-bond acceptors (Lipinski definition) is 2. The van der Waals surface area contributed by atoms with Crippen LogP contribution in [-0.4, -0.2) is 16.9 Å². The lowest BCUT2D eigenvalue weighted by molar-refractivity contribution is 0.0929. The average Bonchev–Trinajstić information content (AvgIpc) is 3.10. The number of nitrogens with one attached hydrogen (secondary N) is 2. The smallest absolute Gasteiger partial charge is 0.268 e. The minimum absolute atomic E-state index is 0.0543. The summed E-state index contributed by atoms with van der Waals surface area (Å²) in [5.41, 5.74) is 1.24. The van der Waals surface area contributed by atoms with Crippen LogP contribution in [0.15, 0.2) is 59.4 Å². The molecule has 2 atom stereocenters. The normalized spacial score (nSPS) is 19.6. The van der Waals surface area contributed by atoms with Gasteiger partial charge < -0.3 is 10.3 Å². The first-order valence-electron chi connectivity index (χ1n) is 8.80. The first kappa shape index (κ1) is 16.9. The van der Waals surface area contributed by atoms with Crippen LogP contribution < -0.4 is 10.9 Å². The van der Waals surface area contributed by atoms with Crippen molar-refractivity contribution in [3.8, 4) is 0 Å². The number of amides is 1. The number of halogens is 1. The lowest BCUT2D eigenvalue weighted by Crippen LogP contribution is -2.37. The molecule has 0 spiro atoms. The topological polar surface area (TPSA) is 62.0 Å². The summed E-state index contributed by atoms with van der Waals surface area (Å²) in [6.45, 7) is 0. The van der Waals surface area contributed by atoms with Crippen molar-refractivity contribution >= 4 is 28.3 Å². The van der Waals surface area contributed by atoms with E-state index in [1.54, 1.807) is 12.1 Å². The van der Waals surface area contributed by atoms with E-state index in [0.29, 0.717) is 16.1 Å². The third-order valence-electron chi connectivity index (χ3n) is 5.13. The number of fused-ring (bicyclic) bond motifs is 1. The van der Waals surface area contributed by atoms with Gasteiger partial charge in [0.2, 0.25) is 0 Å². The first-order chi connectivity index (χ1) is 12.6. The molecule has 0 radical (unpaired) electrons. The Kier molecular flexibility index (Phi) is 4.51. The van der Waals surface area contributed by atoms with E-state index < -0.39 is 0 Å². The van der Waals surface area contributed by atoms with E-state index in [1.165, 1.54) is 5.56 Å². The molecule has 2 unspecified atom stereocenters. The van der Waals surface area contributed by atoms with Crippen LogP contribution in [0.5, 0.6) is 0 Å². The fraction of sp³-hybridized carbons (Fsp3) is 0.238. The van der Waals surface area contributed by atoms with E-state index in [0.717, 1.165) is 24.6 Å². The molecule has 1 aliphatic rings. The molecule has 26 heavy (non-hydrogen) atoms. The Hall–Kier alpha value is -2.59. The molecular weight excluding hydrogens is 348 g/mol. The fourth-order valence-electron chi connectivity index (χ4n) is 3.82. The lowest BCUT2D eigenvalue weighted by Gasteiger charge is -2.21.